The molecule has 0 bridgehead atoms. The van der Waals surface area contributed by atoms with Crippen LogP contribution in [0.5, 0.6) is 0 Å². The first-order chi connectivity index (χ1) is 54.8. The van der Waals surface area contributed by atoms with Crippen LogP contribution in [0.1, 0.15) is 0 Å². The van der Waals surface area contributed by atoms with Crippen LogP contribution in [0.3, 0.4) is 0 Å². The van der Waals surface area contributed by atoms with E-state index in [1.165, 1.54) is 155 Å². The molecule has 0 saturated carbocycles. The summed E-state index contributed by atoms with van der Waals surface area (Å²) in [4.78, 5) is 6.67. The van der Waals surface area contributed by atoms with Crippen molar-refractivity contribution in [3.63, 3.8) is 0 Å². The first-order valence-corrected chi connectivity index (χ1v) is 38.0. The van der Waals surface area contributed by atoms with Crippen molar-refractivity contribution < 1.29 is 0 Å². The molecule has 0 unspecified atom stereocenters. The number of fused-ring (bicyclic) bond motifs is 9. The second kappa shape index (κ2) is 30.4. The Morgan fingerprint density at radius 3 is 0.595 bits per heavy atom. The number of benzene rings is 17. The molecule has 3 aromatic heterocycles. The zero-order chi connectivity index (χ0) is 74.6. The van der Waals surface area contributed by atoms with Gasteiger partial charge < -0.3 is 28.4 Å². The quantitative estimate of drug-likeness (QED) is 0.108. The molecule has 0 aliphatic rings. The van der Waals surface area contributed by atoms with Gasteiger partial charge in [0, 0.05) is 105 Å². The van der Waals surface area contributed by atoms with E-state index in [0.717, 1.165) is 17.1 Å². The summed E-state index contributed by atoms with van der Waals surface area (Å²) in [6, 6.07) is 154. The van der Waals surface area contributed by atoms with E-state index in [2.05, 4.69) is 474 Å². The van der Waals surface area contributed by atoms with Crippen LogP contribution < -0.4 is 14.7 Å². The fourth-order valence-corrected chi connectivity index (χ4v) is 15.8. The smallest absolute Gasteiger partial charge is 0.0541 e. The number of aromatic nitrogens is 3. The van der Waals surface area contributed by atoms with E-state index in [4.69, 9.17) is 0 Å². The third-order valence-electron chi connectivity index (χ3n) is 21.7. The molecule has 0 aliphatic heterocycles. The molecular formula is C105H80N6. The predicted octanol–water partition coefficient (Wildman–Crippen LogP) is 28.0. The molecule has 0 spiro atoms. The lowest BCUT2D eigenvalue weighted by atomic mass is 10.0. The molecule has 0 atom stereocenters. The second-order valence-electron chi connectivity index (χ2n) is 28.2. The molecule has 0 amide bonds. The first kappa shape index (κ1) is 68.4. The lowest BCUT2D eigenvalue weighted by Gasteiger charge is -2.21. The standard InChI is InChI=1S/2C37H28N2.C31H24N2/c1-38(33-13-9-12-30(26-33)27-10-3-2-4-11-27)31-22-18-28(19-23-31)29-20-24-32(25-21-29)39-36-16-7-5-14-34(36)35-15-6-8-17-37(35)39;1-38(31-21-15-28(16-22-31)27-9-3-2-4-10-27)32-23-17-29(18-24-32)30-19-25-33(26-20-30)39-36-13-7-5-11-34(36)35-12-6-8-14-37(35)39;1-32(25-9-3-2-4-10-25)26-19-15-23(16-20-26)24-17-21-27(22-18-24)33-30-13-7-5-11-28(30)29-12-6-8-14-31(29)33/h2*2-26H,1H3;2-22H,1H3. The number of para-hydroxylation sites is 7. The zero-order valence-corrected chi connectivity index (χ0v) is 62.2. The van der Waals surface area contributed by atoms with Crippen molar-refractivity contribution in [2.75, 3.05) is 35.8 Å². The summed E-state index contributed by atoms with van der Waals surface area (Å²) in [7, 11) is 6.34. The van der Waals surface area contributed by atoms with Crippen LogP contribution in [-0.2, 0) is 0 Å². The summed E-state index contributed by atoms with van der Waals surface area (Å²) in [5.74, 6) is 0. The molecule has 6 heteroatoms. The maximum absolute atomic E-state index is 2.36. The van der Waals surface area contributed by atoms with Crippen LogP contribution in [0, 0.1) is 0 Å². The fourth-order valence-electron chi connectivity index (χ4n) is 15.8. The largest absolute Gasteiger partial charge is 0.345 e. The Balaban J connectivity index is 0.000000117. The average Bonchev–Trinajstić information content (AvgIpc) is 1.61. The molecule has 6 nitrogen and oxygen atoms in total. The van der Waals surface area contributed by atoms with Crippen molar-refractivity contribution in [1.82, 2.24) is 13.7 Å². The molecule has 111 heavy (non-hydrogen) atoms. The molecule has 530 valence electrons. The molecule has 3 heterocycles. The van der Waals surface area contributed by atoms with Crippen LogP contribution in [0.15, 0.2) is 431 Å². The normalized spacial score (nSPS) is 11.2. The van der Waals surface area contributed by atoms with Gasteiger partial charge in [-0.15, -0.1) is 0 Å². The van der Waals surface area contributed by atoms with Gasteiger partial charge in [-0.25, -0.2) is 0 Å². The van der Waals surface area contributed by atoms with Crippen molar-refractivity contribution >= 4 is 99.5 Å². The van der Waals surface area contributed by atoms with E-state index in [0.29, 0.717) is 0 Å². The van der Waals surface area contributed by atoms with Crippen LogP contribution in [0.25, 0.3) is 138 Å². The lowest BCUT2D eigenvalue weighted by molar-refractivity contribution is 1.18. The van der Waals surface area contributed by atoms with Gasteiger partial charge in [0.05, 0.1) is 33.1 Å². The molecule has 0 fully saturated rings. The number of nitrogens with zero attached hydrogens (tertiary/aromatic N) is 6. The Morgan fingerprint density at radius 1 is 0.144 bits per heavy atom. The average molecular weight is 1430 g/mol. The molecule has 20 rings (SSSR count). The fraction of sp³-hybridized carbons (Fsp3) is 0.0286. The summed E-state index contributed by atoms with van der Waals surface area (Å²) < 4.78 is 7.07. The van der Waals surface area contributed by atoms with E-state index in [9.17, 15) is 0 Å². The van der Waals surface area contributed by atoms with Gasteiger partial charge in [-0.2, -0.15) is 0 Å². The molecule has 0 saturated heterocycles. The molecule has 0 N–H and O–H groups in total. The van der Waals surface area contributed by atoms with Crippen LogP contribution in [-0.4, -0.2) is 34.8 Å². The summed E-state index contributed by atoms with van der Waals surface area (Å²) in [5.41, 5.74) is 30.1. The van der Waals surface area contributed by atoms with Gasteiger partial charge in [-0.3, -0.25) is 0 Å². The summed E-state index contributed by atoms with van der Waals surface area (Å²) >= 11 is 0. The SMILES string of the molecule is CN(c1ccc(-c2ccc(-n3c4ccccc4c4ccccc43)cc2)cc1)c1cccc(-c2ccccc2)c1.CN(c1ccc(-c2ccccc2)cc1)c1ccc(-c2ccc(-n3c4ccccc4c4ccccc43)cc2)cc1.CN(c1ccccc1)c1ccc(-c2ccc(-n3c4ccccc4c4ccccc43)cc2)cc1. The Labute approximate surface area is 648 Å². The van der Waals surface area contributed by atoms with Crippen LogP contribution in [0.4, 0.5) is 34.1 Å². The summed E-state index contributed by atoms with van der Waals surface area (Å²) in [5, 5.41) is 7.71. The van der Waals surface area contributed by atoms with Gasteiger partial charge in [0.2, 0.25) is 0 Å². The Morgan fingerprint density at radius 2 is 0.324 bits per heavy atom. The monoisotopic (exact) mass is 1420 g/mol. The maximum atomic E-state index is 2.36. The minimum atomic E-state index is 1.16. The van der Waals surface area contributed by atoms with Crippen molar-refractivity contribution in [3.8, 4) is 72.7 Å². The topological polar surface area (TPSA) is 24.5 Å². The van der Waals surface area contributed by atoms with E-state index in [1.54, 1.807) is 0 Å². The molecule has 0 aliphatic carbocycles. The van der Waals surface area contributed by atoms with Gasteiger partial charge >= 0.3 is 0 Å². The Kier molecular flexibility index (Phi) is 18.7. The van der Waals surface area contributed by atoms with Gasteiger partial charge in [0.1, 0.15) is 0 Å². The van der Waals surface area contributed by atoms with Gasteiger partial charge in [-0.05, 0) is 201 Å². The first-order valence-electron chi connectivity index (χ1n) is 38.0. The van der Waals surface area contributed by atoms with Crippen LogP contribution >= 0.6 is 0 Å². The highest BCUT2D eigenvalue weighted by atomic mass is 15.1. The van der Waals surface area contributed by atoms with Gasteiger partial charge in [-0.1, -0.05) is 285 Å². The molecule has 17 aromatic carbocycles. The van der Waals surface area contributed by atoms with Gasteiger partial charge in [0.25, 0.3) is 0 Å². The number of hydrogen-bond donors (Lipinski definition) is 0. The maximum Gasteiger partial charge on any atom is 0.0541 e. The highest BCUT2D eigenvalue weighted by Crippen LogP contribution is 2.39. The third kappa shape index (κ3) is 13.6. The van der Waals surface area contributed by atoms with Crippen molar-refractivity contribution in [1.29, 1.82) is 0 Å². The van der Waals surface area contributed by atoms with Gasteiger partial charge in [0.15, 0.2) is 0 Å². The lowest BCUT2D eigenvalue weighted by Crippen LogP contribution is -2.09. The number of anilines is 6. The highest BCUT2D eigenvalue weighted by molar-refractivity contribution is 6.11. The number of hydrogen-bond acceptors (Lipinski definition) is 3. The summed E-state index contributed by atoms with van der Waals surface area (Å²) in [6.07, 6.45) is 0. The Bertz CT molecular complexity index is 6450. The Hall–Kier alpha value is -14.5. The predicted molar refractivity (Wildman–Crippen MR) is 473 cm³/mol. The van der Waals surface area contributed by atoms with E-state index >= 15 is 0 Å². The minimum Gasteiger partial charge on any atom is -0.345 e. The van der Waals surface area contributed by atoms with Crippen molar-refractivity contribution in [2.45, 2.75) is 0 Å². The molecule has 20 aromatic rings. The second-order valence-corrected chi connectivity index (χ2v) is 28.2. The van der Waals surface area contributed by atoms with E-state index < -0.39 is 0 Å². The molecule has 0 radical (unpaired) electrons. The van der Waals surface area contributed by atoms with E-state index in [1.807, 2.05) is 6.07 Å². The van der Waals surface area contributed by atoms with Crippen LogP contribution in [0.2, 0.25) is 0 Å². The zero-order valence-electron chi connectivity index (χ0n) is 62.2. The summed E-state index contributed by atoms with van der Waals surface area (Å²) in [6.45, 7) is 0. The molecular weight excluding hydrogens is 1350 g/mol. The van der Waals surface area contributed by atoms with Crippen molar-refractivity contribution in [3.05, 3.63) is 431 Å². The van der Waals surface area contributed by atoms with Crippen molar-refractivity contribution in [2.24, 2.45) is 0 Å². The van der Waals surface area contributed by atoms with E-state index in [-0.39, 0.29) is 0 Å². The minimum absolute atomic E-state index is 1.16. The number of rotatable bonds is 14. The highest BCUT2D eigenvalue weighted by Gasteiger charge is 2.17. The third-order valence-corrected chi connectivity index (χ3v) is 21.7.